The molecule has 1 aromatic rings. The van der Waals surface area contributed by atoms with Gasteiger partial charge in [-0.15, -0.1) is 0 Å². The molecular formula is C12H11KN2O5. The molecule has 1 saturated heterocycles. The monoisotopic (exact) mass is 302 g/mol. The predicted molar refractivity (Wildman–Crippen MR) is 59.8 cm³/mol. The number of carboxylic acids is 1. The number of aliphatic carboxylic acids is 1. The van der Waals surface area contributed by atoms with Crippen molar-refractivity contribution in [3.63, 3.8) is 0 Å². The number of carbonyl (C=O) groups is 3. The third-order valence-electron chi connectivity index (χ3n) is 2.70. The van der Waals surface area contributed by atoms with Crippen LogP contribution in [0.25, 0.3) is 0 Å². The molecule has 1 heterocycles. The van der Waals surface area contributed by atoms with Gasteiger partial charge in [-0.3, -0.25) is 14.4 Å². The van der Waals surface area contributed by atoms with Crippen LogP contribution in [0.15, 0.2) is 30.3 Å². The average molecular weight is 302 g/mol. The van der Waals surface area contributed by atoms with E-state index in [1.807, 2.05) is 18.2 Å². The van der Waals surface area contributed by atoms with E-state index in [4.69, 9.17) is 4.84 Å². The van der Waals surface area contributed by atoms with Crippen LogP contribution in [0.5, 0.6) is 0 Å². The summed E-state index contributed by atoms with van der Waals surface area (Å²) in [7, 11) is 0. The molecule has 2 unspecified atom stereocenters. The molecule has 2 amide bonds. The van der Waals surface area contributed by atoms with E-state index in [0.717, 1.165) is 5.56 Å². The number of carbonyl (C=O) groups excluding carboxylic acids is 3. The number of hydrogen-bond acceptors (Lipinski definition) is 5. The van der Waals surface area contributed by atoms with E-state index < -0.39 is 29.7 Å². The fourth-order valence-corrected chi connectivity index (χ4v) is 1.68. The Bertz CT molecular complexity index is 508. The fraction of sp³-hybridized carbons (Fsp3) is 0.250. The first kappa shape index (κ1) is 17.3. The molecule has 0 aromatic heterocycles. The van der Waals surface area contributed by atoms with Gasteiger partial charge >= 0.3 is 51.4 Å². The normalized spacial score (nSPS) is 20.1. The second kappa shape index (κ2) is 7.86. The second-order valence-electron chi connectivity index (χ2n) is 4.02. The summed E-state index contributed by atoms with van der Waals surface area (Å²) in [6, 6.07) is 7.76. The number of hydroxylamine groups is 1. The van der Waals surface area contributed by atoms with E-state index in [9.17, 15) is 19.5 Å². The van der Waals surface area contributed by atoms with Gasteiger partial charge in [0.2, 0.25) is 5.91 Å². The second-order valence-corrected chi connectivity index (χ2v) is 4.02. The first-order chi connectivity index (χ1) is 9.09. The Morgan fingerprint density at radius 3 is 2.50 bits per heavy atom. The largest absolute Gasteiger partial charge is 1.00 e. The zero-order chi connectivity index (χ0) is 13.8. The number of β-lactam (4-membered cyclic amide) rings is 1. The van der Waals surface area contributed by atoms with Crippen LogP contribution >= 0.6 is 0 Å². The summed E-state index contributed by atoms with van der Waals surface area (Å²) in [6.07, 6.45) is 0. The van der Waals surface area contributed by atoms with Gasteiger partial charge in [-0.25, -0.2) is 5.48 Å². The van der Waals surface area contributed by atoms with Crippen molar-refractivity contribution in [2.24, 2.45) is 5.92 Å². The van der Waals surface area contributed by atoms with Gasteiger partial charge in [0, 0.05) is 0 Å². The van der Waals surface area contributed by atoms with Gasteiger partial charge < -0.3 is 15.2 Å². The molecule has 1 fully saturated rings. The Labute approximate surface area is 157 Å². The molecule has 0 bridgehead atoms. The molecule has 0 saturated carbocycles. The van der Waals surface area contributed by atoms with Crippen molar-refractivity contribution in [1.82, 2.24) is 10.8 Å². The number of carboxylic acid groups (broad SMARTS) is 1. The zero-order valence-corrected chi connectivity index (χ0v) is 13.9. The molecule has 0 aliphatic carbocycles. The third kappa shape index (κ3) is 4.11. The van der Waals surface area contributed by atoms with Crippen LogP contribution in [0.1, 0.15) is 5.56 Å². The van der Waals surface area contributed by atoms with Crippen molar-refractivity contribution in [2.75, 3.05) is 0 Å². The minimum absolute atomic E-state index is 0. The molecule has 7 nitrogen and oxygen atoms in total. The van der Waals surface area contributed by atoms with Crippen LogP contribution < -0.4 is 67.3 Å². The molecule has 100 valence electrons. The summed E-state index contributed by atoms with van der Waals surface area (Å²) in [5, 5.41) is 12.7. The van der Waals surface area contributed by atoms with Crippen molar-refractivity contribution in [2.45, 2.75) is 12.6 Å². The van der Waals surface area contributed by atoms with Gasteiger partial charge in [0.05, 0.1) is 18.6 Å². The minimum Gasteiger partial charge on any atom is -0.548 e. The van der Waals surface area contributed by atoms with Crippen molar-refractivity contribution >= 4 is 17.8 Å². The van der Waals surface area contributed by atoms with E-state index in [2.05, 4.69) is 10.8 Å². The minimum atomic E-state index is -1.50. The Morgan fingerprint density at radius 1 is 1.30 bits per heavy atom. The number of benzene rings is 1. The Hall–Kier alpha value is -0.774. The SMILES string of the molecule is O=C([O-])C1NC(=O)C1C(=O)NOCc1ccccc1.[K+]. The molecule has 1 aromatic carbocycles. The molecule has 0 radical (unpaired) electrons. The predicted octanol–water partition coefficient (Wildman–Crippen LogP) is -4.90. The Kier molecular flexibility index (Phi) is 6.79. The summed E-state index contributed by atoms with van der Waals surface area (Å²) in [5.74, 6) is -4.26. The Morgan fingerprint density at radius 2 is 1.95 bits per heavy atom. The maximum Gasteiger partial charge on any atom is 1.00 e. The number of hydrogen-bond donors (Lipinski definition) is 2. The topological polar surface area (TPSA) is 108 Å². The van der Waals surface area contributed by atoms with Gasteiger partial charge in [-0.2, -0.15) is 0 Å². The quantitative estimate of drug-likeness (QED) is 0.245. The molecule has 0 spiro atoms. The smallest absolute Gasteiger partial charge is 0.548 e. The van der Waals surface area contributed by atoms with Crippen LogP contribution in [-0.2, 0) is 25.8 Å². The van der Waals surface area contributed by atoms with E-state index in [1.54, 1.807) is 12.1 Å². The van der Waals surface area contributed by atoms with Crippen LogP contribution in [-0.4, -0.2) is 23.8 Å². The standard InChI is InChI=1S/C12H12N2O5.K/c15-10-8(9(13-10)12(17)18)11(16)14-19-6-7-4-2-1-3-5-7;/h1-5,8-9H,6H2,(H,13,15)(H,14,16)(H,17,18);/q;+1/p-1. The van der Waals surface area contributed by atoms with E-state index >= 15 is 0 Å². The third-order valence-corrected chi connectivity index (χ3v) is 2.70. The zero-order valence-electron chi connectivity index (χ0n) is 10.8. The van der Waals surface area contributed by atoms with E-state index in [1.165, 1.54) is 0 Å². The van der Waals surface area contributed by atoms with Crippen molar-refractivity contribution in [1.29, 1.82) is 0 Å². The molecular weight excluding hydrogens is 291 g/mol. The van der Waals surface area contributed by atoms with Gasteiger partial charge in [0.15, 0.2) is 0 Å². The fourth-order valence-electron chi connectivity index (χ4n) is 1.68. The summed E-state index contributed by atoms with van der Waals surface area (Å²) in [5.41, 5.74) is 2.89. The molecule has 2 N–H and O–H groups in total. The average Bonchev–Trinajstić information content (AvgIpc) is 2.36. The Balaban J connectivity index is 0.00000200. The molecule has 2 atom stereocenters. The van der Waals surface area contributed by atoms with Gasteiger partial charge in [-0.1, -0.05) is 30.3 Å². The summed E-state index contributed by atoms with van der Waals surface area (Å²) in [6.45, 7) is 0.122. The summed E-state index contributed by atoms with van der Waals surface area (Å²) >= 11 is 0. The van der Waals surface area contributed by atoms with Crippen molar-refractivity contribution < 1.29 is 75.7 Å². The van der Waals surface area contributed by atoms with Gasteiger partial charge in [0.1, 0.15) is 5.92 Å². The van der Waals surface area contributed by atoms with Gasteiger partial charge in [0.25, 0.3) is 5.91 Å². The number of rotatable bonds is 5. The van der Waals surface area contributed by atoms with Crippen molar-refractivity contribution in [3.8, 4) is 0 Å². The molecule has 1 aliphatic heterocycles. The first-order valence-electron chi connectivity index (χ1n) is 5.56. The van der Waals surface area contributed by atoms with Crippen molar-refractivity contribution in [3.05, 3.63) is 35.9 Å². The summed E-state index contributed by atoms with van der Waals surface area (Å²) in [4.78, 5) is 38.2. The first-order valence-corrected chi connectivity index (χ1v) is 5.56. The van der Waals surface area contributed by atoms with E-state index in [-0.39, 0.29) is 58.0 Å². The van der Waals surface area contributed by atoms with Gasteiger partial charge in [-0.05, 0) is 5.56 Å². The maximum absolute atomic E-state index is 11.6. The van der Waals surface area contributed by atoms with Crippen LogP contribution in [0.3, 0.4) is 0 Å². The van der Waals surface area contributed by atoms with E-state index in [0.29, 0.717) is 0 Å². The summed E-state index contributed by atoms with van der Waals surface area (Å²) < 4.78 is 0. The number of nitrogens with one attached hydrogen (secondary N) is 2. The molecule has 8 heteroatoms. The van der Waals surface area contributed by atoms with Crippen LogP contribution in [0.2, 0.25) is 0 Å². The van der Waals surface area contributed by atoms with Crippen LogP contribution in [0, 0.1) is 5.92 Å². The molecule has 2 rings (SSSR count). The maximum atomic E-state index is 11.6. The van der Waals surface area contributed by atoms with Crippen LogP contribution in [0.4, 0.5) is 0 Å². The number of amides is 2. The molecule has 1 aliphatic rings. The molecule has 20 heavy (non-hydrogen) atoms.